The van der Waals surface area contributed by atoms with Crippen LogP contribution in [0.3, 0.4) is 0 Å². The minimum absolute atomic E-state index is 0.000664. The van der Waals surface area contributed by atoms with E-state index in [-0.39, 0.29) is 17.2 Å². The number of rotatable bonds is 7. The smallest absolute Gasteiger partial charge is 0.416 e. The van der Waals surface area contributed by atoms with Crippen LogP contribution >= 0.6 is 0 Å². The first-order valence-electron chi connectivity index (χ1n) is 15.1. The molecule has 1 saturated heterocycles. The summed E-state index contributed by atoms with van der Waals surface area (Å²) in [4.78, 5) is 28.0. The van der Waals surface area contributed by atoms with E-state index in [0.29, 0.717) is 18.7 Å². The van der Waals surface area contributed by atoms with Gasteiger partial charge in [0.2, 0.25) is 0 Å². The number of benzene rings is 1. The van der Waals surface area contributed by atoms with Crippen molar-refractivity contribution in [3.63, 3.8) is 0 Å². The lowest BCUT2D eigenvalue weighted by Gasteiger charge is -2.38. The molecule has 0 saturated carbocycles. The molecule has 0 radical (unpaired) electrons. The summed E-state index contributed by atoms with van der Waals surface area (Å²) in [5, 5.41) is 2.85. The minimum atomic E-state index is -0.610. The second-order valence-electron chi connectivity index (χ2n) is 13.2. The van der Waals surface area contributed by atoms with Crippen LogP contribution in [0.4, 0.5) is 10.5 Å². The van der Waals surface area contributed by atoms with Crippen molar-refractivity contribution in [2.75, 3.05) is 25.0 Å². The monoisotopic (exact) mass is 585 g/mol. The van der Waals surface area contributed by atoms with Gasteiger partial charge in [-0.25, -0.2) is 14.2 Å². The second-order valence-corrected chi connectivity index (χ2v) is 13.2. The summed E-state index contributed by atoms with van der Waals surface area (Å²) >= 11 is 0. The highest BCUT2D eigenvalue weighted by Crippen LogP contribution is 2.43. The number of carbonyl (C=O) groups excluding carboxylic acids is 1. The van der Waals surface area contributed by atoms with Crippen LogP contribution in [-0.2, 0) is 37.4 Å². The standard InChI is InChI=1S/C34H44N6O3/c1-24(35)12-13-25(14-15-26-16-17-29-30(37(26)5)38(6)32(42)40(29)23-33(2,3)4)22-39-20-9-18-34(19-21-39)27-10-7-8-11-28(27)36-31(41)43-34/h7-8,10-14,16-17H,1,9,15,18-23,35H2,2-6H3/p+1. The van der Waals surface area contributed by atoms with E-state index in [1.165, 1.54) is 0 Å². The zero-order valence-corrected chi connectivity index (χ0v) is 26.2. The third-order valence-corrected chi connectivity index (χ3v) is 8.49. The van der Waals surface area contributed by atoms with Crippen molar-refractivity contribution < 1.29 is 14.1 Å². The van der Waals surface area contributed by atoms with E-state index in [1.807, 2.05) is 49.0 Å². The molecule has 2 aromatic heterocycles. The normalized spacial score (nSPS) is 19.8. The van der Waals surface area contributed by atoms with Gasteiger partial charge in [0.25, 0.3) is 0 Å². The fourth-order valence-corrected chi connectivity index (χ4v) is 6.43. The molecule has 0 bridgehead atoms. The first-order chi connectivity index (χ1) is 20.4. The Kier molecular flexibility index (Phi) is 8.38. The lowest BCUT2D eigenvalue weighted by molar-refractivity contribution is -0.655. The molecule has 9 heteroatoms. The number of fused-ring (bicyclic) bond motifs is 3. The Balaban J connectivity index is 1.38. The van der Waals surface area contributed by atoms with Crippen LogP contribution in [0.1, 0.15) is 51.3 Å². The molecule has 2 aliphatic rings. The number of hydrogen-bond acceptors (Lipinski definition) is 5. The number of likely N-dealkylation sites (tertiary alicyclic amines) is 1. The maximum atomic E-state index is 13.1. The number of allylic oxidation sites excluding steroid dienone is 2. The van der Waals surface area contributed by atoms with Gasteiger partial charge in [-0.1, -0.05) is 57.7 Å². The minimum Gasteiger partial charge on any atom is -0.438 e. The number of nitrogens with two attached hydrogens (primary N) is 1. The van der Waals surface area contributed by atoms with Crippen molar-refractivity contribution in [1.82, 2.24) is 14.0 Å². The van der Waals surface area contributed by atoms with Gasteiger partial charge in [0, 0.05) is 43.7 Å². The molecule has 1 aromatic carbocycles. The molecule has 2 aliphatic heterocycles. The van der Waals surface area contributed by atoms with Crippen molar-refractivity contribution >= 4 is 22.9 Å². The van der Waals surface area contributed by atoms with E-state index in [1.54, 1.807) is 4.57 Å². The van der Waals surface area contributed by atoms with Gasteiger partial charge in [-0.3, -0.25) is 14.8 Å². The van der Waals surface area contributed by atoms with Crippen molar-refractivity contribution in [2.45, 2.75) is 58.6 Å². The maximum Gasteiger partial charge on any atom is 0.416 e. The molecule has 4 heterocycles. The summed E-state index contributed by atoms with van der Waals surface area (Å²) in [7, 11) is 3.87. The number of aryl methyl sites for hydroxylation is 2. The molecule has 1 spiro atoms. The molecule has 5 rings (SSSR count). The number of aromatic nitrogens is 3. The van der Waals surface area contributed by atoms with Crippen molar-refractivity contribution in [2.24, 2.45) is 25.2 Å². The van der Waals surface area contributed by atoms with Gasteiger partial charge in [-0.05, 0) is 54.6 Å². The number of hydrogen-bond donors (Lipinski definition) is 2. The summed E-state index contributed by atoms with van der Waals surface area (Å²) in [6.07, 6.45) is 8.84. The molecule has 9 nitrogen and oxygen atoms in total. The van der Waals surface area contributed by atoms with Gasteiger partial charge in [0.15, 0.2) is 0 Å². The number of amides is 1. The van der Waals surface area contributed by atoms with Crippen molar-refractivity contribution in [3.05, 3.63) is 94.2 Å². The van der Waals surface area contributed by atoms with E-state index in [0.717, 1.165) is 72.6 Å². The summed E-state index contributed by atoms with van der Waals surface area (Å²) < 4.78 is 11.7. The number of nitrogens with zero attached hydrogens (tertiary/aromatic N) is 4. The highest BCUT2D eigenvalue weighted by atomic mass is 16.6. The van der Waals surface area contributed by atoms with Gasteiger partial charge in [-0.2, -0.15) is 4.57 Å². The topological polar surface area (TPSA) is 98.4 Å². The number of imidazole rings is 1. The number of nitrogens with one attached hydrogen (secondary N) is 1. The Morgan fingerprint density at radius 2 is 1.91 bits per heavy atom. The average Bonchev–Trinajstić information content (AvgIpc) is 3.06. The van der Waals surface area contributed by atoms with Crippen LogP contribution in [0.2, 0.25) is 0 Å². The number of anilines is 1. The molecule has 3 aromatic rings. The second kappa shape index (κ2) is 11.9. The molecule has 1 unspecified atom stereocenters. The van der Waals surface area contributed by atoms with Crippen LogP contribution in [0.25, 0.3) is 11.2 Å². The van der Waals surface area contributed by atoms with Crippen LogP contribution < -0.4 is 21.3 Å². The zero-order valence-electron chi connectivity index (χ0n) is 26.2. The number of para-hydroxylation sites is 1. The Morgan fingerprint density at radius 3 is 2.65 bits per heavy atom. The molecular formula is C34H45N6O3+. The number of ether oxygens (including phenoxy) is 1. The number of pyridine rings is 1. The quantitative estimate of drug-likeness (QED) is 0.311. The van der Waals surface area contributed by atoms with Crippen LogP contribution in [-0.4, -0.2) is 39.8 Å². The molecule has 1 amide bonds. The fourth-order valence-electron chi connectivity index (χ4n) is 6.43. The van der Waals surface area contributed by atoms with Gasteiger partial charge in [0.05, 0.1) is 19.8 Å². The van der Waals surface area contributed by atoms with Crippen molar-refractivity contribution in [1.29, 1.82) is 0 Å². The van der Waals surface area contributed by atoms with Crippen LogP contribution in [0.15, 0.2) is 77.3 Å². The first-order valence-corrected chi connectivity index (χ1v) is 15.1. The third-order valence-electron chi connectivity index (χ3n) is 8.49. The largest absolute Gasteiger partial charge is 0.438 e. The molecule has 228 valence electrons. The molecule has 0 aliphatic carbocycles. The predicted octanol–water partition coefficient (Wildman–Crippen LogP) is 4.65. The molecule has 3 N–H and O–H groups in total. The summed E-state index contributed by atoms with van der Waals surface area (Å²) in [5.74, 6) is 0. The van der Waals surface area contributed by atoms with Crippen LogP contribution in [0.5, 0.6) is 0 Å². The lowest BCUT2D eigenvalue weighted by atomic mass is 9.84. The summed E-state index contributed by atoms with van der Waals surface area (Å²) in [6, 6.07) is 12.1. The predicted molar refractivity (Wildman–Crippen MR) is 171 cm³/mol. The Bertz CT molecular complexity index is 1670. The highest BCUT2D eigenvalue weighted by Gasteiger charge is 2.42. The molecular weight excluding hydrogens is 540 g/mol. The molecule has 43 heavy (non-hydrogen) atoms. The Hall–Kier alpha value is -4.11. The average molecular weight is 586 g/mol. The van der Waals surface area contributed by atoms with E-state index in [9.17, 15) is 9.59 Å². The SMILES string of the molecule is C=C(N)C=CC(=CCc1ccc2c(n(C)c(=O)n2CC(C)(C)C)[n+]1C)CN1CCCC2(CC1)OC(=O)Nc1ccccc12. The lowest BCUT2D eigenvalue weighted by Crippen LogP contribution is -2.40. The zero-order chi connectivity index (χ0) is 30.9. The van der Waals surface area contributed by atoms with E-state index < -0.39 is 5.60 Å². The van der Waals surface area contributed by atoms with Gasteiger partial charge >= 0.3 is 17.4 Å². The first kappa shape index (κ1) is 30.4. The van der Waals surface area contributed by atoms with Crippen molar-refractivity contribution in [3.8, 4) is 0 Å². The Morgan fingerprint density at radius 1 is 1.14 bits per heavy atom. The number of carbonyl (C=O) groups is 1. The van der Waals surface area contributed by atoms with E-state index in [2.05, 4.69) is 66.4 Å². The maximum absolute atomic E-state index is 13.1. The third kappa shape index (κ3) is 6.46. The van der Waals surface area contributed by atoms with Gasteiger partial charge < -0.3 is 10.5 Å². The summed E-state index contributed by atoms with van der Waals surface area (Å²) in [6.45, 7) is 13.3. The molecule has 1 fully saturated rings. The Labute approximate surface area is 253 Å². The van der Waals surface area contributed by atoms with Gasteiger partial charge in [-0.15, -0.1) is 0 Å². The molecule has 1 atom stereocenters. The highest BCUT2D eigenvalue weighted by molar-refractivity contribution is 5.88. The van der Waals surface area contributed by atoms with Crippen LogP contribution in [0, 0.1) is 5.41 Å². The summed E-state index contributed by atoms with van der Waals surface area (Å²) in [5.41, 5.74) is 11.8. The van der Waals surface area contributed by atoms with E-state index in [4.69, 9.17) is 10.5 Å². The van der Waals surface area contributed by atoms with Gasteiger partial charge in [0.1, 0.15) is 16.8 Å². The fraction of sp³-hybridized carbons (Fsp3) is 0.441. The van der Waals surface area contributed by atoms with E-state index >= 15 is 0 Å².